The summed E-state index contributed by atoms with van der Waals surface area (Å²) >= 11 is 6.07. The lowest BCUT2D eigenvalue weighted by molar-refractivity contribution is -0.145. The van der Waals surface area contributed by atoms with Gasteiger partial charge in [0, 0.05) is 35.1 Å². The van der Waals surface area contributed by atoms with Crippen molar-refractivity contribution >= 4 is 23.5 Å². The maximum atomic E-state index is 13.3. The Labute approximate surface area is 250 Å². The molecule has 1 aliphatic rings. The zero-order valence-electron chi connectivity index (χ0n) is 24.4. The largest absolute Gasteiger partial charge is 0.466 e. The molecule has 0 saturated carbocycles. The van der Waals surface area contributed by atoms with Gasteiger partial charge < -0.3 is 15.0 Å². The summed E-state index contributed by atoms with van der Waals surface area (Å²) in [6.07, 6.45) is 5.94. The molecule has 0 aromatic heterocycles. The number of nitrogens with zero attached hydrogens (tertiary/aromatic N) is 1. The quantitative estimate of drug-likeness (QED) is 0.213. The van der Waals surface area contributed by atoms with E-state index in [-0.39, 0.29) is 23.3 Å². The van der Waals surface area contributed by atoms with Gasteiger partial charge in [0.25, 0.3) is 5.91 Å². The molecule has 0 spiro atoms. The third kappa shape index (κ3) is 8.43. The molecule has 0 aliphatic carbocycles. The number of ether oxygens (including phenoxy) is 1. The molecule has 41 heavy (non-hydrogen) atoms. The second kappa shape index (κ2) is 15.2. The van der Waals surface area contributed by atoms with E-state index < -0.39 is 0 Å². The van der Waals surface area contributed by atoms with Crippen LogP contribution in [0, 0.1) is 0 Å². The summed E-state index contributed by atoms with van der Waals surface area (Å²) in [5.74, 6) is -0.133. The first kappa shape index (κ1) is 30.8. The number of rotatable bonds is 13. The number of esters is 1. The lowest BCUT2D eigenvalue weighted by Gasteiger charge is -2.35. The Morgan fingerprint density at radius 3 is 2.32 bits per heavy atom. The number of hydrogen-bond donors (Lipinski definition) is 1. The van der Waals surface area contributed by atoms with E-state index in [1.807, 2.05) is 61.5 Å². The molecule has 4 rings (SSSR count). The number of likely N-dealkylation sites (tertiary alicyclic amines) is 1. The third-order valence-corrected chi connectivity index (χ3v) is 8.64. The number of nitrogens with one attached hydrogen (secondary N) is 1. The normalized spacial score (nSPS) is 15.7. The van der Waals surface area contributed by atoms with Gasteiger partial charge in [-0.05, 0) is 80.0 Å². The van der Waals surface area contributed by atoms with Gasteiger partial charge in [0.05, 0.1) is 13.0 Å². The van der Waals surface area contributed by atoms with Crippen molar-refractivity contribution in [1.29, 1.82) is 0 Å². The molecule has 1 saturated heterocycles. The van der Waals surface area contributed by atoms with Gasteiger partial charge in [0.15, 0.2) is 0 Å². The molecule has 1 amide bonds. The predicted molar refractivity (Wildman–Crippen MR) is 167 cm³/mol. The highest BCUT2D eigenvalue weighted by atomic mass is 35.5. The molecule has 3 aromatic carbocycles. The van der Waals surface area contributed by atoms with Gasteiger partial charge in [0.2, 0.25) is 0 Å². The van der Waals surface area contributed by atoms with E-state index in [4.69, 9.17) is 16.3 Å². The molecule has 3 aromatic rings. The number of carbonyl (C=O) groups is 2. The minimum absolute atomic E-state index is 0.0282. The molecule has 1 N–H and O–H groups in total. The number of piperidine rings is 1. The molecule has 6 heteroatoms. The van der Waals surface area contributed by atoms with Crippen LogP contribution in [0.4, 0.5) is 0 Å². The van der Waals surface area contributed by atoms with Crippen LogP contribution in [0.2, 0.25) is 5.02 Å². The van der Waals surface area contributed by atoms with Gasteiger partial charge in [-0.15, -0.1) is 0 Å². The fourth-order valence-electron chi connectivity index (χ4n) is 5.94. The minimum atomic E-state index is -0.212. The van der Waals surface area contributed by atoms with E-state index in [1.165, 1.54) is 5.56 Å². The van der Waals surface area contributed by atoms with Crippen molar-refractivity contribution in [3.63, 3.8) is 0 Å². The van der Waals surface area contributed by atoms with E-state index in [0.29, 0.717) is 23.6 Å². The first-order valence-electron chi connectivity index (χ1n) is 15.0. The Bertz CT molecular complexity index is 1260. The van der Waals surface area contributed by atoms with Crippen molar-refractivity contribution < 1.29 is 14.3 Å². The van der Waals surface area contributed by atoms with E-state index in [0.717, 1.165) is 69.3 Å². The average molecular weight is 575 g/mol. The van der Waals surface area contributed by atoms with Crippen LogP contribution in [-0.2, 0) is 14.9 Å². The molecule has 1 atom stereocenters. The molecule has 5 nitrogen and oxygen atoms in total. The van der Waals surface area contributed by atoms with Crippen LogP contribution in [0.25, 0.3) is 11.1 Å². The summed E-state index contributed by atoms with van der Waals surface area (Å²) in [4.78, 5) is 28.4. The first-order valence-corrected chi connectivity index (χ1v) is 15.4. The highest BCUT2D eigenvalue weighted by molar-refractivity contribution is 6.30. The van der Waals surface area contributed by atoms with Crippen molar-refractivity contribution in [1.82, 2.24) is 10.2 Å². The third-order valence-electron chi connectivity index (χ3n) is 8.39. The smallest absolute Gasteiger partial charge is 0.306 e. The fourth-order valence-corrected chi connectivity index (χ4v) is 6.07. The fraction of sp³-hybridized carbons (Fsp3) is 0.429. The molecule has 0 radical (unpaired) electrons. The summed E-state index contributed by atoms with van der Waals surface area (Å²) in [5.41, 5.74) is 3.58. The van der Waals surface area contributed by atoms with Crippen molar-refractivity contribution in [2.24, 2.45) is 0 Å². The van der Waals surface area contributed by atoms with Crippen LogP contribution in [0.15, 0.2) is 78.9 Å². The summed E-state index contributed by atoms with van der Waals surface area (Å²) in [6.45, 7) is 7.57. The Kier molecular flexibility index (Phi) is 11.4. The van der Waals surface area contributed by atoms with Crippen molar-refractivity contribution in [2.45, 2.75) is 70.3 Å². The van der Waals surface area contributed by atoms with Crippen LogP contribution in [0.1, 0.15) is 74.7 Å². The Morgan fingerprint density at radius 1 is 0.951 bits per heavy atom. The molecule has 1 fully saturated rings. The molecule has 218 valence electrons. The van der Waals surface area contributed by atoms with E-state index in [9.17, 15) is 9.59 Å². The topological polar surface area (TPSA) is 58.6 Å². The van der Waals surface area contributed by atoms with Gasteiger partial charge in [0.1, 0.15) is 0 Å². The lowest BCUT2D eigenvalue weighted by atomic mass is 9.72. The van der Waals surface area contributed by atoms with E-state index in [1.54, 1.807) is 0 Å². The van der Waals surface area contributed by atoms with Crippen molar-refractivity contribution in [3.8, 4) is 11.1 Å². The molecular formula is C35H43ClN2O3. The van der Waals surface area contributed by atoms with Crippen LogP contribution >= 0.6 is 11.6 Å². The van der Waals surface area contributed by atoms with E-state index >= 15 is 0 Å². The van der Waals surface area contributed by atoms with Gasteiger partial charge >= 0.3 is 5.97 Å². The van der Waals surface area contributed by atoms with Crippen LogP contribution < -0.4 is 5.32 Å². The van der Waals surface area contributed by atoms with Crippen molar-refractivity contribution in [3.05, 3.63) is 95.0 Å². The Hall–Kier alpha value is -3.15. The number of hydrogen-bond acceptors (Lipinski definition) is 4. The summed E-state index contributed by atoms with van der Waals surface area (Å²) in [5, 5.41) is 3.96. The molecular weight excluding hydrogens is 532 g/mol. The maximum Gasteiger partial charge on any atom is 0.306 e. The predicted octanol–water partition coefficient (Wildman–Crippen LogP) is 7.67. The van der Waals surface area contributed by atoms with Gasteiger partial charge in [-0.3, -0.25) is 9.59 Å². The Morgan fingerprint density at radius 2 is 1.63 bits per heavy atom. The average Bonchev–Trinajstić information content (AvgIpc) is 3.01. The van der Waals surface area contributed by atoms with Crippen molar-refractivity contribution in [2.75, 3.05) is 26.2 Å². The summed E-state index contributed by atoms with van der Waals surface area (Å²) in [7, 11) is 0. The minimum Gasteiger partial charge on any atom is -0.466 e. The van der Waals surface area contributed by atoms with Crippen LogP contribution in [0.3, 0.4) is 0 Å². The van der Waals surface area contributed by atoms with Crippen LogP contribution in [0.5, 0.6) is 0 Å². The lowest BCUT2D eigenvalue weighted by Crippen LogP contribution is -2.45. The van der Waals surface area contributed by atoms with Gasteiger partial charge in [-0.2, -0.15) is 0 Å². The number of benzene rings is 3. The first-order chi connectivity index (χ1) is 19.9. The Balaban J connectivity index is 1.30. The number of halogens is 1. The second-order valence-electron chi connectivity index (χ2n) is 11.1. The van der Waals surface area contributed by atoms with E-state index in [2.05, 4.69) is 41.4 Å². The molecule has 1 heterocycles. The second-order valence-corrected chi connectivity index (χ2v) is 11.6. The number of carbonyl (C=O) groups excluding carboxylic acids is 2. The zero-order valence-corrected chi connectivity index (χ0v) is 25.2. The van der Waals surface area contributed by atoms with Gasteiger partial charge in [-0.1, -0.05) is 86.1 Å². The van der Waals surface area contributed by atoms with Gasteiger partial charge in [-0.25, -0.2) is 0 Å². The molecule has 1 aliphatic heterocycles. The highest BCUT2D eigenvalue weighted by Crippen LogP contribution is 2.37. The summed E-state index contributed by atoms with van der Waals surface area (Å²) in [6, 6.07) is 25.9. The standard InChI is InChI=1S/C35H43ClN2O3/c1-3-25-41-33(39)26-35(4-2,28-11-6-5-7-12-28)21-10-22-38-23-19-30(20-24-38)37-34(40)32-14-9-8-13-31(32)27-15-17-29(36)18-16-27/h5-9,11-18,30H,3-4,10,19-26H2,1-2H3,(H,37,40). The number of amides is 1. The maximum absolute atomic E-state index is 13.3. The SMILES string of the molecule is CCCOC(=O)CC(CC)(CCCN1CCC(NC(=O)c2ccccc2-c2ccc(Cl)cc2)CC1)c1ccccc1. The summed E-state index contributed by atoms with van der Waals surface area (Å²) < 4.78 is 5.49. The van der Waals surface area contributed by atoms with Crippen LogP contribution in [-0.4, -0.2) is 49.1 Å². The monoisotopic (exact) mass is 574 g/mol. The molecule has 1 unspecified atom stereocenters. The molecule has 0 bridgehead atoms. The highest BCUT2D eigenvalue weighted by Gasteiger charge is 2.33. The zero-order chi connectivity index (χ0) is 29.1.